The van der Waals surface area contributed by atoms with Crippen LogP contribution in [0.25, 0.3) is 11.4 Å². The fraction of sp³-hybridized carbons (Fsp3) is 0.263. The smallest absolute Gasteiger partial charge is 0.243 e. The Balaban J connectivity index is 1.86. The fourth-order valence-corrected chi connectivity index (χ4v) is 5.22. The lowest BCUT2D eigenvalue weighted by atomic mass is 10.2. The molecular formula is C19H21F2N5O2S2. The predicted octanol–water partition coefficient (Wildman–Crippen LogP) is 3.26. The normalized spacial score (nSPS) is 11.9. The van der Waals surface area contributed by atoms with Gasteiger partial charge in [0.05, 0.1) is 4.90 Å². The molecule has 3 rings (SSSR count). The summed E-state index contributed by atoms with van der Waals surface area (Å²) in [5.41, 5.74) is 0.652. The maximum absolute atomic E-state index is 13.8. The highest BCUT2D eigenvalue weighted by Crippen LogP contribution is 2.27. The van der Waals surface area contributed by atoms with Crippen LogP contribution in [0.3, 0.4) is 0 Å². The Morgan fingerprint density at radius 3 is 2.50 bits per heavy atom. The number of nitrogens with two attached hydrogens (primary N) is 1. The zero-order chi connectivity index (χ0) is 21.9. The first-order chi connectivity index (χ1) is 14.3. The molecule has 0 bridgehead atoms. The molecule has 0 fully saturated rings. The van der Waals surface area contributed by atoms with Gasteiger partial charge in [-0.2, -0.15) is 4.31 Å². The van der Waals surface area contributed by atoms with Crippen molar-refractivity contribution < 1.29 is 17.2 Å². The molecule has 160 valence electrons. The van der Waals surface area contributed by atoms with Crippen LogP contribution in [0.4, 0.5) is 8.78 Å². The zero-order valence-corrected chi connectivity index (χ0v) is 18.1. The van der Waals surface area contributed by atoms with Gasteiger partial charge in [-0.05, 0) is 18.2 Å². The second-order valence-corrected chi connectivity index (χ2v) is 9.18. The molecule has 0 amide bonds. The Morgan fingerprint density at radius 2 is 1.80 bits per heavy atom. The molecular weight excluding hydrogens is 432 g/mol. The van der Waals surface area contributed by atoms with Crippen LogP contribution in [0.5, 0.6) is 0 Å². The van der Waals surface area contributed by atoms with Gasteiger partial charge in [-0.1, -0.05) is 49.9 Å². The highest BCUT2D eigenvalue weighted by Gasteiger charge is 2.23. The van der Waals surface area contributed by atoms with E-state index in [4.69, 9.17) is 5.84 Å². The van der Waals surface area contributed by atoms with Crippen molar-refractivity contribution in [2.45, 2.75) is 29.7 Å². The van der Waals surface area contributed by atoms with E-state index in [9.17, 15) is 17.2 Å². The van der Waals surface area contributed by atoms with Crippen molar-refractivity contribution in [3.05, 3.63) is 59.7 Å². The van der Waals surface area contributed by atoms with Crippen LogP contribution in [0.2, 0.25) is 0 Å². The molecule has 0 spiro atoms. The summed E-state index contributed by atoms with van der Waals surface area (Å²) < 4.78 is 55.3. The molecule has 0 unspecified atom stereocenters. The topological polar surface area (TPSA) is 94.1 Å². The van der Waals surface area contributed by atoms with Crippen LogP contribution < -0.4 is 5.84 Å². The molecule has 0 aliphatic rings. The van der Waals surface area contributed by atoms with Crippen LogP contribution in [-0.4, -0.2) is 40.7 Å². The van der Waals surface area contributed by atoms with Gasteiger partial charge < -0.3 is 5.84 Å². The first-order valence-corrected chi connectivity index (χ1v) is 11.6. The standard InChI is InChI=1S/C19H21F2N5O2S2/c1-3-25(4-2)30(27,28)15-9-5-7-13(11-15)18-23-24-19(26(18)22)29-12-14-8-6-10-16(20)17(14)21/h5-11H,3-4,12,22H2,1-2H3. The van der Waals surface area contributed by atoms with Crippen molar-refractivity contribution in [1.82, 2.24) is 19.2 Å². The number of nitrogen functional groups attached to an aromatic ring is 1. The highest BCUT2D eigenvalue weighted by molar-refractivity contribution is 7.98. The summed E-state index contributed by atoms with van der Waals surface area (Å²) in [5.74, 6) is 4.61. The number of thioether (sulfide) groups is 1. The van der Waals surface area contributed by atoms with E-state index in [0.29, 0.717) is 18.7 Å². The third-order valence-corrected chi connectivity index (χ3v) is 7.53. The van der Waals surface area contributed by atoms with Gasteiger partial charge in [-0.3, -0.25) is 0 Å². The van der Waals surface area contributed by atoms with Gasteiger partial charge in [0.25, 0.3) is 0 Å². The highest BCUT2D eigenvalue weighted by atomic mass is 32.2. The van der Waals surface area contributed by atoms with Gasteiger partial charge in [0, 0.05) is 30.0 Å². The molecule has 2 N–H and O–H groups in total. The molecule has 3 aromatic rings. The van der Waals surface area contributed by atoms with E-state index in [1.54, 1.807) is 26.0 Å². The van der Waals surface area contributed by atoms with Crippen molar-refractivity contribution in [2.75, 3.05) is 18.9 Å². The number of aromatic nitrogens is 3. The van der Waals surface area contributed by atoms with E-state index in [1.165, 1.54) is 33.2 Å². The summed E-state index contributed by atoms with van der Waals surface area (Å²) in [6, 6.07) is 10.2. The lowest BCUT2D eigenvalue weighted by Crippen LogP contribution is -2.30. The van der Waals surface area contributed by atoms with Crippen molar-refractivity contribution >= 4 is 21.8 Å². The molecule has 1 aromatic heterocycles. The Bertz CT molecular complexity index is 1150. The number of hydrogen-bond donors (Lipinski definition) is 1. The van der Waals surface area contributed by atoms with Crippen molar-refractivity contribution in [1.29, 1.82) is 0 Å². The number of sulfonamides is 1. The largest absolute Gasteiger partial charge is 0.335 e. The van der Waals surface area contributed by atoms with Crippen LogP contribution in [0.1, 0.15) is 19.4 Å². The maximum atomic E-state index is 13.8. The van der Waals surface area contributed by atoms with Gasteiger partial charge in [0.1, 0.15) is 0 Å². The number of nitrogens with zero attached hydrogens (tertiary/aromatic N) is 4. The molecule has 11 heteroatoms. The van der Waals surface area contributed by atoms with Crippen LogP contribution in [-0.2, 0) is 15.8 Å². The molecule has 2 aromatic carbocycles. The zero-order valence-electron chi connectivity index (χ0n) is 16.4. The third-order valence-electron chi connectivity index (χ3n) is 4.49. The van der Waals surface area contributed by atoms with Gasteiger partial charge in [-0.15, -0.1) is 10.2 Å². The van der Waals surface area contributed by atoms with E-state index in [0.717, 1.165) is 17.8 Å². The minimum absolute atomic E-state index is 0.106. The Labute approximate surface area is 177 Å². The number of hydrogen-bond acceptors (Lipinski definition) is 6. The quantitative estimate of drug-likeness (QED) is 0.416. The molecule has 0 saturated heterocycles. The lowest BCUT2D eigenvalue weighted by Gasteiger charge is -2.18. The molecule has 0 atom stereocenters. The summed E-state index contributed by atoms with van der Waals surface area (Å²) >= 11 is 1.09. The van der Waals surface area contributed by atoms with Crippen LogP contribution >= 0.6 is 11.8 Å². The summed E-state index contributed by atoms with van der Waals surface area (Å²) in [6.45, 7) is 4.25. The lowest BCUT2D eigenvalue weighted by molar-refractivity contribution is 0.445. The SMILES string of the molecule is CCN(CC)S(=O)(=O)c1cccc(-c2nnc(SCc3cccc(F)c3F)n2N)c1. The second-order valence-electron chi connectivity index (χ2n) is 6.29. The minimum Gasteiger partial charge on any atom is -0.335 e. The average molecular weight is 454 g/mol. The number of rotatable bonds is 8. The van der Waals surface area contributed by atoms with E-state index in [-0.39, 0.29) is 27.2 Å². The molecule has 1 heterocycles. The molecule has 0 aliphatic heterocycles. The van der Waals surface area contributed by atoms with E-state index in [2.05, 4.69) is 10.2 Å². The summed E-state index contributed by atoms with van der Waals surface area (Å²) in [5, 5.41) is 8.31. The van der Waals surface area contributed by atoms with E-state index >= 15 is 0 Å². The van der Waals surface area contributed by atoms with E-state index < -0.39 is 21.7 Å². The molecule has 0 saturated carbocycles. The molecule has 0 radical (unpaired) electrons. The van der Waals surface area contributed by atoms with E-state index in [1.807, 2.05) is 0 Å². The summed E-state index contributed by atoms with van der Waals surface area (Å²) in [6.07, 6.45) is 0. The van der Waals surface area contributed by atoms with Gasteiger partial charge >= 0.3 is 0 Å². The first kappa shape index (κ1) is 22.2. The van der Waals surface area contributed by atoms with Crippen LogP contribution in [0.15, 0.2) is 52.5 Å². The first-order valence-electron chi connectivity index (χ1n) is 9.16. The Hall–Kier alpha value is -2.50. The molecule has 7 nitrogen and oxygen atoms in total. The fourth-order valence-electron chi connectivity index (χ4n) is 2.88. The molecule has 0 aliphatic carbocycles. The monoisotopic (exact) mass is 453 g/mol. The molecule has 30 heavy (non-hydrogen) atoms. The Morgan fingerprint density at radius 1 is 1.10 bits per heavy atom. The summed E-state index contributed by atoms with van der Waals surface area (Å²) in [4.78, 5) is 0.128. The minimum atomic E-state index is -3.64. The average Bonchev–Trinajstić information content (AvgIpc) is 3.10. The summed E-state index contributed by atoms with van der Waals surface area (Å²) in [7, 11) is -3.64. The van der Waals surface area contributed by atoms with Crippen molar-refractivity contribution in [3.63, 3.8) is 0 Å². The predicted molar refractivity (Wildman–Crippen MR) is 112 cm³/mol. The van der Waals surface area contributed by atoms with Gasteiger partial charge in [0.15, 0.2) is 17.5 Å². The van der Waals surface area contributed by atoms with Crippen molar-refractivity contribution in [2.24, 2.45) is 0 Å². The second kappa shape index (κ2) is 9.11. The van der Waals surface area contributed by atoms with Gasteiger partial charge in [0.2, 0.25) is 15.2 Å². The number of halogens is 2. The van der Waals surface area contributed by atoms with Gasteiger partial charge in [-0.25, -0.2) is 21.9 Å². The third kappa shape index (κ3) is 4.32. The number of benzene rings is 2. The van der Waals surface area contributed by atoms with Crippen molar-refractivity contribution in [3.8, 4) is 11.4 Å². The Kier molecular flexibility index (Phi) is 6.74. The maximum Gasteiger partial charge on any atom is 0.243 e. The van der Waals surface area contributed by atoms with Crippen LogP contribution in [0, 0.1) is 11.6 Å².